The van der Waals surface area contributed by atoms with Crippen molar-refractivity contribution in [3.63, 3.8) is 0 Å². The molecule has 0 heterocycles. The fourth-order valence-electron chi connectivity index (χ4n) is 2.65. The van der Waals surface area contributed by atoms with Crippen LogP contribution in [-0.2, 0) is 10.0 Å². The van der Waals surface area contributed by atoms with Gasteiger partial charge in [-0.15, -0.1) is 0 Å². The van der Waals surface area contributed by atoms with Crippen LogP contribution in [0.15, 0.2) is 76.7 Å². The van der Waals surface area contributed by atoms with Gasteiger partial charge in [0.25, 0.3) is 15.7 Å². The molecule has 3 aromatic carbocycles. The summed E-state index contributed by atoms with van der Waals surface area (Å²) >= 11 is 5.84. The van der Waals surface area contributed by atoms with Crippen molar-refractivity contribution in [2.45, 2.75) is 11.5 Å². The molecule has 0 saturated carbocycles. The van der Waals surface area contributed by atoms with Crippen molar-refractivity contribution in [1.82, 2.24) is 0 Å². The van der Waals surface area contributed by atoms with Crippen LogP contribution < -0.4 is 14.9 Å². The Hall–Kier alpha value is -3.77. The number of nitro benzene ring substituents is 1. The van der Waals surface area contributed by atoms with E-state index in [1.807, 2.05) is 0 Å². The van der Waals surface area contributed by atoms with E-state index in [-0.39, 0.29) is 27.6 Å². The minimum absolute atomic E-state index is 0.120. The summed E-state index contributed by atoms with van der Waals surface area (Å²) < 4.78 is 56.9. The van der Waals surface area contributed by atoms with Crippen LogP contribution in [0.3, 0.4) is 0 Å². The lowest BCUT2D eigenvalue weighted by Crippen LogP contribution is -2.13. The molecule has 0 atom stereocenters. The van der Waals surface area contributed by atoms with Crippen LogP contribution in [-0.4, -0.2) is 26.2 Å². The van der Waals surface area contributed by atoms with Crippen molar-refractivity contribution < 1.29 is 26.9 Å². The summed E-state index contributed by atoms with van der Waals surface area (Å²) in [6.07, 6.45) is 1.13. The van der Waals surface area contributed by atoms with E-state index in [2.05, 4.69) is 20.0 Å². The highest BCUT2D eigenvalue weighted by Crippen LogP contribution is 2.29. The number of anilines is 2. The molecular weight excluding hydrogens is 482 g/mol. The molecule has 0 spiro atoms. The first kappa shape index (κ1) is 23.9. The first-order valence-electron chi connectivity index (χ1n) is 9.05. The smallest absolute Gasteiger partial charge is 0.387 e. The highest BCUT2D eigenvalue weighted by molar-refractivity contribution is 7.92. The van der Waals surface area contributed by atoms with Gasteiger partial charge in [0.15, 0.2) is 0 Å². The van der Waals surface area contributed by atoms with E-state index in [1.165, 1.54) is 36.4 Å². The first-order chi connectivity index (χ1) is 15.7. The third kappa shape index (κ3) is 6.37. The second kappa shape index (κ2) is 10.2. The molecule has 33 heavy (non-hydrogen) atoms. The lowest BCUT2D eigenvalue weighted by molar-refractivity contribution is -0.384. The lowest BCUT2D eigenvalue weighted by atomic mass is 10.2. The Labute approximate surface area is 191 Å². The van der Waals surface area contributed by atoms with E-state index in [4.69, 9.17) is 11.6 Å². The zero-order valence-electron chi connectivity index (χ0n) is 16.5. The van der Waals surface area contributed by atoms with Crippen LogP contribution in [0, 0.1) is 10.1 Å². The Bertz CT molecular complexity index is 1310. The van der Waals surface area contributed by atoms with Crippen molar-refractivity contribution in [2.75, 3.05) is 10.1 Å². The van der Waals surface area contributed by atoms with Crippen LogP contribution in [0.5, 0.6) is 5.75 Å². The number of sulfonamides is 1. The number of ether oxygens (including phenoxy) is 1. The van der Waals surface area contributed by atoms with Gasteiger partial charge in [0.05, 0.1) is 21.7 Å². The summed E-state index contributed by atoms with van der Waals surface area (Å²) in [6.45, 7) is -3.04. The fraction of sp³-hybridized carbons (Fsp3) is 0.0500. The number of hydrazone groups is 1. The van der Waals surface area contributed by atoms with E-state index < -0.39 is 27.2 Å². The van der Waals surface area contributed by atoms with Gasteiger partial charge in [0.1, 0.15) is 11.4 Å². The predicted molar refractivity (Wildman–Crippen MR) is 120 cm³/mol. The van der Waals surface area contributed by atoms with Crippen LogP contribution in [0.2, 0.25) is 5.02 Å². The Morgan fingerprint density at radius 3 is 2.55 bits per heavy atom. The average Bonchev–Trinajstić information content (AvgIpc) is 2.74. The van der Waals surface area contributed by atoms with Gasteiger partial charge in [-0.05, 0) is 42.5 Å². The molecule has 0 radical (unpaired) electrons. The van der Waals surface area contributed by atoms with E-state index in [0.717, 1.165) is 24.4 Å². The van der Waals surface area contributed by atoms with E-state index in [0.29, 0.717) is 5.02 Å². The third-order valence-electron chi connectivity index (χ3n) is 4.08. The predicted octanol–water partition coefficient (Wildman–Crippen LogP) is 5.10. The number of hydrogen-bond acceptors (Lipinski definition) is 7. The summed E-state index contributed by atoms with van der Waals surface area (Å²) in [7, 11) is -4.15. The van der Waals surface area contributed by atoms with Crippen molar-refractivity contribution in [1.29, 1.82) is 0 Å². The van der Waals surface area contributed by atoms with Gasteiger partial charge in [0.2, 0.25) is 0 Å². The van der Waals surface area contributed by atoms with Gasteiger partial charge in [-0.2, -0.15) is 13.9 Å². The molecule has 3 rings (SSSR count). The summed E-state index contributed by atoms with van der Waals surface area (Å²) in [5.41, 5.74) is 2.09. The third-order valence-corrected chi connectivity index (χ3v) is 5.69. The lowest BCUT2D eigenvalue weighted by Gasteiger charge is -2.10. The van der Waals surface area contributed by atoms with Gasteiger partial charge >= 0.3 is 6.61 Å². The number of nitro groups is 1. The van der Waals surface area contributed by atoms with Gasteiger partial charge < -0.3 is 4.74 Å². The second-order valence-electron chi connectivity index (χ2n) is 6.34. The molecule has 9 nitrogen and oxygen atoms in total. The number of benzene rings is 3. The molecule has 0 aromatic heterocycles. The zero-order valence-corrected chi connectivity index (χ0v) is 18.1. The van der Waals surface area contributed by atoms with Crippen LogP contribution >= 0.6 is 11.6 Å². The monoisotopic (exact) mass is 496 g/mol. The fourth-order valence-corrected chi connectivity index (χ4v) is 3.91. The number of halogens is 3. The van der Waals surface area contributed by atoms with Gasteiger partial charge in [-0.1, -0.05) is 29.8 Å². The molecule has 0 saturated heterocycles. The number of rotatable bonds is 9. The highest BCUT2D eigenvalue weighted by atomic mass is 35.5. The molecule has 3 aromatic rings. The Balaban J connectivity index is 1.84. The SMILES string of the molecule is O=[N+]([O-])c1cc(S(=O)(=O)Nc2cccc(Cl)c2)ccc1N/N=C\c1ccccc1OC(F)F. The number of nitrogens with zero attached hydrogens (tertiary/aromatic N) is 2. The minimum atomic E-state index is -4.15. The molecule has 2 N–H and O–H groups in total. The molecule has 172 valence electrons. The molecule has 0 amide bonds. The molecule has 0 aliphatic heterocycles. The number of nitrogens with one attached hydrogen (secondary N) is 2. The number of para-hydroxylation sites is 1. The van der Waals surface area contributed by atoms with E-state index in [1.54, 1.807) is 12.1 Å². The topological polar surface area (TPSA) is 123 Å². The normalized spacial score (nSPS) is 11.5. The maximum atomic E-state index is 12.6. The average molecular weight is 497 g/mol. The summed E-state index contributed by atoms with van der Waals surface area (Å²) in [5.74, 6) is -0.138. The van der Waals surface area contributed by atoms with Crippen molar-refractivity contribution in [3.05, 3.63) is 87.4 Å². The van der Waals surface area contributed by atoms with Gasteiger partial charge in [0, 0.05) is 16.7 Å². The van der Waals surface area contributed by atoms with Crippen LogP contribution in [0.25, 0.3) is 0 Å². The van der Waals surface area contributed by atoms with Gasteiger partial charge in [-0.3, -0.25) is 20.3 Å². The molecule has 13 heteroatoms. The second-order valence-corrected chi connectivity index (χ2v) is 8.46. The maximum Gasteiger partial charge on any atom is 0.387 e. The minimum Gasteiger partial charge on any atom is -0.434 e. The summed E-state index contributed by atoms with van der Waals surface area (Å²) in [6, 6.07) is 14.9. The first-order valence-corrected chi connectivity index (χ1v) is 10.9. The summed E-state index contributed by atoms with van der Waals surface area (Å²) in [5, 5.41) is 15.6. The van der Waals surface area contributed by atoms with E-state index in [9.17, 15) is 27.3 Å². The quantitative estimate of drug-likeness (QED) is 0.241. The molecule has 0 fully saturated rings. The Kier molecular flexibility index (Phi) is 7.41. The molecule has 0 unspecified atom stereocenters. The molecule has 0 bridgehead atoms. The van der Waals surface area contributed by atoms with Crippen molar-refractivity contribution >= 4 is 44.9 Å². The van der Waals surface area contributed by atoms with Crippen LogP contribution in [0.1, 0.15) is 5.56 Å². The molecule has 0 aliphatic carbocycles. The maximum absolute atomic E-state index is 12.6. The summed E-state index contributed by atoms with van der Waals surface area (Å²) in [4.78, 5) is 10.3. The van der Waals surface area contributed by atoms with Crippen LogP contribution in [0.4, 0.5) is 25.8 Å². The highest BCUT2D eigenvalue weighted by Gasteiger charge is 2.21. The van der Waals surface area contributed by atoms with Crippen molar-refractivity contribution in [2.24, 2.45) is 5.10 Å². The zero-order chi connectivity index (χ0) is 24.0. The largest absolute Gasteiger partial charge is 0.434 e. The standard InChI is InChI=1S/C20H15ClF2N4O5S/c21-14-5-3-6-15(10-14)26-33(30,31)16-8-9-17(18(11-16)27(28)29)25-24-12-13-4-1-2-7-19(13)32-20(22)23/h1-12,20,25-26H/b24-12-. The Morgan fingerprint density at radius 1 is 1.09 bits per heavy atom. The van der Waals surface area contributed by atoms with Gasteiger partial charge in [-0.25, -0.2) is 8.42 Å². The van der Waals surface area contributed by atoms with E-state index >= 15 is 0 Å². The number of alkyl halides is 2. The van der Waals surface area contributed by atoms with Crippen molar-refractivity contribution in [3.8, 4) is 5.75 Å². The molecule has 0 aliphatic rings. The number of hydrogen-bond donors (Lipinski definition) is 2. The molecular formula is C20H15ClF2N4O5S. The Morgan fingerprint density at radius 2 is 1.85 bits per heavy atom.